The number of imidazole rings is 1. The van der Waals surface area contributed by atoms with Crippen molar-refractivity contribution in [1.82, 2.24) is 19.3 Å². The first-order valence-electron chi connectivity index (χ1n) is 6.83. The molecule has 0 N–H and O–H groups in total. The zero-order chi connectivity index (χ0) is 15.0. The van der Waals surface area contributed by atoms with Crippen LogP contribution in [0.5, 0.6) is 0 Å². The maximum absolute atomic E-state index is 6.27. The summed E-state index contributed by atoms with van der Waals surface area (Å²) >= 11 is 12.5. The van der Waals surface area contributed by atoms with E-state index < -0.39 is 0 Å². The van der Waals surface area contributed by atoms with Crippen molar-refractivity contribution in [1.29, 1.82) is 0 Å². The molecule has 0 aliphatic carbocycles. The van der Waals surface area contributed by atoms with E-state index >= 15 is 0 Å². The summed E-state index contributed by atoms with van der Waals surface area (Å²) in [6.07, 6.45) is 2.78. The summed E-state index contributed by atoms with van der Waals surface area (Å²) in [5, 5.41) is 4.89. The van der Waals surface area contributed by atoms with E-state index in [1.807, 2.05) is 49.1 Å². The predicted octanol–water partition coefficient (Wildman–Crippen LogP) is 3.97. The number of nitrogens with zero attached hydrogens (tertiary/aromatic N) is 4. The summed E-state index contributed by atoms with van der Waals surface area (Å²) in [6, 6.07) is 7.83. The van der Waals surface area contributed by atoms with Crippen molar-refractivity contribution in [3.05, 3.63) is 47.0 Å². The maximum atomic E-state index is 6.27. The topological polar surface area (TPSA) is 35.6 Å². The average Bonchev–Trinajstić information content (AvgIpc) is 3.01. The van der Waals surface area contributed by atoms with Gasteiger partial charge in [0.05, 0.1) is 21.6 Å². The lowest BCUT2D eigenvalue weighted by Gasteiger charge is -2.09. The number of hydrogen-bond donors (Lipinski definition) is 0. The van der Waals surface area contributed by atoms with Gasteiger partial charge >= 0.3 is 0 Å². The fourth-order valence-electron chi connectivity index (χ4n) is 2.49. The third-order valence-electron chi connectivity index (χ3n) is 3.48. The third kappa shape index (κ3) is 2.78. The van der Waals surface area contributed by atoms with Crippen LogP contribution < -0.4 is 0 Å². The van der Waals surface area contributed by atoms with E-state index in [9.17, 15) is 0 Å². The molecule has 1 unspecified atom stereocenters. The SMILES string of the molecule is CC(Cl)c1nc2c(Cl)cccc2n1CCc1ccn(C)n1. The van der Waals surface area contributed by atoms with Gasteiger partial charge in [0.1, 0.15) is 11.3 Å². The zero-order valence-electron chi connectivity index (χ0n) is 11.9. The highest BCUT2D eigenvalue weighted by Gasteiger charge is 2.16. The van der Waals surface area contributed by atoms with Crippen LogP contribution in [0.3, 0.4) is 0 Å². The monoisotopic (exact) mass is 322 g/mol. The molecule has 4 nitrogen and oxygen atoms in total. The van der Waals surface area contributed by atoms with Gasteiger partial charge in [-0.1, -0.05) is 17.7 Å². The summed E-state index contributed by atoms with van der Waals surface area (Å²) in [5.41, 5.74) is 2.87. The molecule has 3 aromatic rings. The average molecular weight is 323 g/mol. The van der Waals surface area contributed by atoms with Gasteiger partial charge in [-0.2, -0.15) is 5.10 Å². The second-order valence-electron chi connectivity index (χ2n) is 5.08. The lowest BCUT2D eigenvalue weighted by molar-refractivity contribution is 0.647. The molecule has 1 aromatic carbocycles. The van der Waals surface area contributed by atoms with Gasteiger partial charge < -0.3 is 4.57 Å². The van der Waals surface area contributed by atoms with Crippen LogP contribution in [-0.2, 0) is 20.0 Å². The molecular formula is C15H16Cl2N4. The van der Waals surface area contributed by atoms with Crippen molar-refractivity contribution in [2.45, 2.75) is 25.3 Å². The lowest BCUT2D eigenvalue weighted by Crippen LogP contribution is -2.07. The third-order valence-corrected chi connectivity index (χ3v) is 3.98. The standard InChI is InChI=1S/C15H16Cl2N4/c1-10(16)15-18-14-12(17)4-3-5-13(14)21(15)9-7-11-6-8-20(2)19-11/h3-6,8,10H,7,9H2,1-2H3. The van der Waals surface area contributed by atoms with E-state index in [2.05, 4.69) is 14.6 Å². The molecule has 110 valence electrons. The Morgan fingerprint density at radius 3 is 2.76 bits per heavy atom. The van der Waals surface area contributed by atoms with Crippen molar-refractivity contribution < 1.29 is 0 Å². The molecule has 21 heavy (non-hydrogen) atoms. The summed E-state index contributed by atoms with van der Waals surface area (Å²) in [4.78, 5) is 4.60. The first-order chi connectivity index (χ1) is 10.1. The number of hydrogen-bond acceptors (Lipinski definition) is 2. The van der Waals surface area contributed by atoms with Gasteiger partial charge in [0.25, 0.3) is 0 Å². The number of aromatic nitrogens is 4. The van der Waals surface area contributed by atoms with Gasteiger partial charge in [-0.15, -0.1) is 11.6 Å². The highest BCUT2D eigenvalue weighted by Crippen LogP contribution is 2.28. The normalized spacial score (nSPS) is 13.0. The summed E-state index contributed by atoms with van der Waals surface area (Å²) < 4.78 is 3.94. The summed E-state index contributed by atoms with van der Waals surface area (Å²) in [6.45, 7) is 2.70. The quantitative estimate of drug-likeness (QED) is 0.681. The molecule has 2 heterocycles. The van der Waals surface area contributed by atoms with Gasteiger partial charge in [0, 0.05) is 26.2 Å². The molecule has 6 heteroatoms. The van der Waals surface area contributed by atoms with E-state index in [-0.39, 0.29) is 5.38 Å². The number of benzene rings is 1. The van der Waals surface area contributed by atoms with Crippen molar-refractivity contribution in [2.75, 3.05) is 0 Å². The Kier molecular flexibility index (Phi) is 3.91. The van der Waals surface area contributed by atoms with E-state index in [4.69, 9.17) is 23.2 Å². The molecular weight excluding hydrogens is 307 g/mol. The van der Waals surface area contributed by atoms with Crippen LogP contribution in [-0.4, -0.2) is 19.3 Å². The highest BCUT2D eigenvalue weighted by atomic mass is 35.5. The zero-order valence-corrected chi connectivity index (χ0v) is 13.4. The Labute approximate surface area is 133 Å². The van der Waals surface area contributed by atoms with E-state index in [0.717, 1.165) is 35.5 Å². The minimum absolute atomic E-state index is 0.169. The Bertz CT molecular complexity index is 773. The molecule has 0 spiro atoms. The predicted molar refractivity (Wildman–Crippen MR) is 85.9 cm³/mol. The van der Waals surface area contributed by atoms with Gasteiger partial charge in [-0.25, -0.2) is 4.98 Å². The van der Waals surface area contributed by atoms with Crippen molar-refractivity contribution in [3.8, 4) is 0 Å². The number of alkyl halides is 1. The van der Waals surface area contributed by atoms with E-state index in [1.54, 1.807) is 0 Å². The largest absolute Gasteiger partial charge is 0.326 e. The minimum Gasteiger partial charge on any atom is -0.326 e. The number of para-hydroxylation sites is 1. The smallest absolute Gasteiger partial charge is 0.127 e. The van der Waals surface area contributed by atoms with Gasteiger partial charge in [-0.3, -0.25) is 4.68 Å². The van der Waals surface area contributed by atoms with Crippen molar-refractivity contribution in [2.24, 2.45) is 7.05 Å². The lowest BCUT2D eigenvalue weighted by atomic mass is 10.3. The van der Waals surface area contributed by atoms with Crippen LogP contribution >= 0.6 is 23.2 Å². The molecule has 3 rings (SSSR count). The van der Waals surface area contributed by atoms with Gasteiger partial charge in [-0.05, 0) is 25.1 Å². The number of rotatable bonds is 4. The molecule has 0 saturated heterocycles. The molecule has 0 aliphatic heterocycles. The van der Waals surface area contributed by atoms with Crippen LogP contribution in [0.4, 0.5) is 0 Å². The molecule has 0 saturated carbocycles. The summed E-state index contributed by atoms with van der Waals surface area (Å²) in [5.74, 6) is 0.843. The van der Waals surface area contributed by atoms with Crippen molar-refractivity contribution >= 4 is 34.2 Å². The van der Waals surface area contributed by atoms with Crippen LogP contribution in [0.15, 0.2) is 30.5 Å². The minimum atomic E-state index is -0.169. The Balaban J connectivity index is 1.99. The number of aryl methyl sites for hydroxylation is 3. The summed E-state index contributed by atoms with van der Waals surface area (Å²) in [7, 11) is 1.92. The number of fused-ring (bicyclic) bond motifs is 1. The molecule has 0 fully saturated rings. The van der Waals surface area contributed by atoms with Crippen LogP contribution in [0, 0.1) is 0 Å². The number of halogens is 2. The molecule has 0 aliphatic rings. The van der Waals surface area contributed by atoms with Crippen molar-refractivity contribution in [3.63, 3.8) is 0 Å². The molecule has 0 radical (unpaired) electrons. The highest BCUT2D eigenvalue weighted by molar-refractivity contribution is 6.35. The van der Waals surface area contributed by atoms with Crippen LogP contribution in [0.2, 0.25) is 5.02 Å². The van der Waals surface area contributed by atoms with Gasteiger partial charge in [0.15, 0.2) is 0 Å². The fraction of sp³-hybridized carbons (Fsp3) is 0.333. The molecule has 1 atom stereocenters. The van der Waals surface area contributed by atoms with E-state index in [0.29, 0.717) is 5.02 Å². The second kappa shape index (κ2) is 5.70. The molecule has 0 amide bonds. The Morgan fingerprint density at radius 1 is 1.29 bits per heavy atom. The second-order valence-corrected chi connectivity index (χ2v) is 6.14. The molecule has 2 aromatic heterocycles. The van der Waals surface area contributed by atoms with E-state index in [1.165, 1.54) is 0 Å². The van der Waals surface area contributed by atoms with Crippen LogP contribution in [0.1, 0.15) is 23.8 Å². The first-order valence-corrected chi connectivity index (χ1v) is 7.65. The first kappa shape index (κ1) is 14.4. The fourth-order valence-corrected chi connectivity index (χ4v) is 2.87. The molecule has 0 bridgehead atoms. The Morgan fingerprint density at radius 2 is 2.10 bits per heavy atom. The van der Waals surface area contributed by atoms with Crippen LogP contribution in [0.25, 0.3) is 11.0 Å². The van der Waals surface area contributed by atoms with Gasteiger partial charge in [0.2, 0.25) is 0 Å². The Hall–Kier alpha value is -1.52. The maximum Gasteiger partial charge on any atom is 0.127 e.